The van der Waals surface area contributed by atoms with Gasteiger partial charge < -0.3 is 10.2 Å². The fraction of sp³-hybridized carbons (Fsp3) is 0.222. The third-order valence-electron chi connectivity index (χ3n) is 1.81. The van der Waals surface area contributed by atoms with Crippen molar-refractivity contribution >= 4 is 21.9 Å². The van der Waals surface area contributed by atoms with Crippen LogP contribution in [0.25, 0.3) is 0 Å². The number of aliphatic carboxylic acids is 1. The highest BCUT2D eigenvalue weighted by atomic mass is 79.9. The minimum atomic E-state index is -3.89. The molecule has 6 heteroatoms. The van der Waals surface area contributed by atoms with Crippen LogP contribution in [0.15, 0.2) is 22.7 Å². The van der Waals surface area contributed by atoms with Crippen LogP contribution in [0.2, 0.25) is 0 Å². The Morgan fingerprint density at radius 1 is 1.47 bits per heavy atom. The van der Waals surface area contributed by atoms with Gasteiger partial charge in [0, 0.05) is 10.0 Å². The molecule has 0 aromatic heterocycles. The minimum Gasteiger partial charge on any atom is -0.508 e. The molecule has 0 heterocycles. The van der Waals surface area contributed by atoms with Gasteiger partial charge in [0.25, 0.3) is 0 Å². The van der Waals surface area contributed by atoms with Crippen molar-refractivity contribution < 1.29 is 23.8 Å². The molecule has 1 aromatic rings. The molecule has 1 rings (SSSR count). The number of phenolic OH excluding ortho intramolecular Hbond substituents is 1. The monoisotopic (exact) mass is 280 g/mol. The number of halogens is 3. The van der Waals surface area contributed by atoms with Gasteiger partial charge >= 0.3 is 11.9 Å². The summed E-state index contributed by atoms with van der Waals surface area (Å²) < 4.78 is 26.0. The number of aromatic hydroxyl groups is 1. The molecule has 0 fully saturated rings. The third kappa shape index (κ3) is 2.65. The molecule has 2 N–H and O–H groups in total. The number of carboxylic acid groups (broad SMARTS) is 1. The summed E-state index contributed by atoms with van der Waals surface area (Å²) >= 11 is 2.96. The summed E-state index contributed by atoms with van der Waals surface area (Å²) in [7, 11) is 0. The van der Waals surface area contributed by atoms with Crippen LogP contribution in [0, 0.1) is 0 Å². The molecule has 0 aliphatic heterocycles. The number of carboxylic acids is 1. The molecule has 0 amide bonds. The van der Waals surface area contributed by atoms with Crippen molar-refractivity contribution in [3.63, 3.8) is 0 Å². The molecule has 0 spiro atoms. The number of hydrogen-bond acceptors (Lipinski definition) is 2. The number of hydrogen-bond donors (Lipinski definition) is 2. The Labute approximate surface area is 92.5 Å². The van der Waals surface area contributed by atoms with E-state index in [0.29, 0.717) is 0 Å². The van der Waals surface area contributed by atoms with Crippen LogP contribution in [-0.2, 0) is 11.2 Å². The van der Waals surface area contributed by atoms with Crippen molar-refractivity contribution in [2.24, 2.45) is 0 Å². The molecule has 82 valence electrons. The summed E-state index contributed by atoms with van der Waals surface area (Å²) in [6, 6.07) is 4.13. The smallest absolute Gasteiger partial charge is 0.374 e. The second kappa shape index (κ2) is 4.14. The molecule has 15 heavy (non-hydrogen) atoms. The maximum atomic E-state index is 12.9. The van der Waals surface area contributed by atoms with E-state index in [-0.39, 0.29) is 15.8 Å². The maximum absolute atomic E-state index is 12.9. The molecular formula is C9H7BrF2O3. The summed E-state index contributed by atoms with van der Waals surface area (Å²) in [5.41, 5.74) is -0.120. The summed E-state index contributed by atoms with van der Waals surface area (Å²) in [4.78, 5) is 10.2. The first-order valence-corrected chi connectivity index (χ1v) is 4.71. The summed E-state index contributed by atoms with van der Waals surface area (Å²) in [5, 5.41) is 17.5. The molecule has 0 aliphatic rings. The Balaban J connectivity index is 3.04. The van der Waals surface area contributed by atoms with Gasteiger partial charge in [0.1, 0.15) is 5.75 Å². The van der Waals surface area contributed by atoms with Crippen molar-refractivity contribution in [2.45, 2.75) is 12.3 Å². The lowest BCUT2D eigenvalue weighted by Gasteiger charge is -2.13. The van der Waals surface area contributed by atoms with Crippen LogP contribution >= 0.6 is 15.9 Å². The van der Waals surface area contributed by atoms with Gasteiger partial charge in [-0.25, -0.2) is 4.79 Å². The molecule has 0 saturated heterocycles. The highest BCUT2D eigenvalue weighted by Crippen LogP contribution is 2.31. The van der Waals surface area contributed by atoms with Crippen molar-refractivity contribution in [1.29, 1.82) is 0 Å². The molecule has 0 aliphatic carbocycles. The van der Waals surface area contributed by atoms with Crippen LogP contribution < -0.4 is 0 Å². The fourth-order valence-corrected chi connectivity index (χ4v) is 1.52. The molecule has 0 saturated carbocycles. The second-order valence-electron chi connectivity index (χ2n) is 2.92. The first-order chi connectivity index (χ1) is 6.84. The fourth-order valence-electron chi connectivity index (χ4n) is 1.02. The van der Waals surface area contributed by atoms with Crippen LogP contribution in [0.4, 0.5) is 8.78 Å². The number of carbonyl (C=O) groups is 1. The van der Waals surface area contributed by atoms with E-state index in [2.05, 4.69) is 15.9 Å². The number of benzene rings is 1. The van der Waals surface area contributed by atoms with E-state index in [1.54, 1.807) is 0 Å². The first kappa shape index (κ1) is 11.9. The van der Waals surface area contributed by atoms with Gasteiger partial charge in [-0.2, -0.15) is 8.78 Å². The van der Waals surface area contributed by atoms with E-state index in [9.17, 15) is 18.7 Å². The molecule has 3 nitrogen and oxygen atoms in total. The summed E-state index contributed by atoms with van der Waals surface area (Å²) in [6.45, 7) is 0. The molecule has 0 atom stereocenters. The molecule has 0 unspecified atom stereocenters. The van der Waals surface area contributed by atoms with Crippen LogP contribution in [0.1, 0.15) is 5.56 Å². The van der Waals surface area contributed by atoms with Crippen LogP contribution in [0.3, 0.4) is 0 Å². The largest absolute Gasteiger partial charge is 0.508 e. The lowest BCUT2D eigenvalue weighted by atomic mass is 10.1. The molecule has 0 bridgehead atoms. The van der Waals surface area contributed by atoms with Crippen LogP contribution in [0.5, 0.6) is 5.75 Å². The lowest BCUT2D eigenvalue weighted by Crippen LogP contribution is -2.30. The Morgan fingerprint density at radius 2 is 2.07 bits per heavy atom. The number of alkyl halides is 2. The average Bonchev–Trinajstić information content (AvgIpc) is 2.11. The van der Waals surface area contributed by atoms with Gasteiger partial charge in [-0.05, 0) is 12.1 Å². The second-order valence-corrected chi connectivity index (χ2v) is 3.78. The van der Waals surface area contributed by atoms with E-state index in [4.69, 9.17) is 5.11 Å². The van der Waals surface area contributed by atoms with E-state index in [0.717, 1.165) is 0 Å². The van der Waals surface area contributed by atoms with Gasteiger partial charge in [0.15, 0.2) is 0 Å². The average molecular weight is 281 g/mol. The zero-order valence-corrected chi connectivity index (χ0v) is 8.96. The number of phenols is 1. The van der Waals surface area contributed by atoms with Crippen LogP contribution in [-0.4, -0.2) is 22.1 Å². The van der Waals surface area contributed by atoms with Gasteiger partial charge in [-0.15, -0.1) is 0 Å². The number of rotatable bonds is 3. The Hall–Kier alpha value is -1.17. The first-order valence-electron chi connectivity index (χ1n) is 3.92. The maximum Gasteiger partial charge on any atom is 0.374 e. The van der Waals surface area contributed by atoms with E-state index < -0.39 is 18.3 Å². The Kier molecular flexibility index (Phi) is 3.28. The Bertz CT molecular complexity index is 373. The van der Waals surface area contributed by atoms with E-state index in [1.165, 1.54) is 18.2 Å². The van der Waals surface area contributed by atoms with Crippen molar-refractivity contribution in [2.75, 3.05) is 0 Å². The Morgan fingerprint density at radius 3 is 2.53 bits per heavy atom. The van der Waals surface area contributed by atoms with Crippen molar-refractivity contribution in [3.8, 4) is 5.75 Å². The van der Waals surface area contributed by atoms with Crippen molar-refractivity contribution in [1.82, 2.24) is 0 Å². The topological polar surface area (TPSA) is 57.5 Å². The highest BCUT2D eigenvalue weighted by molar-refractivity contribution is 9.10. The molecular weight excluding hydrogens is 274 g/mol. The van der Waals surface area contributed by atoms with Gasteiger partial charge in [0.2, 0.25) is 0 Å². The molecule has 1 aromatic carbocycles. The normalized spacial score (nSPS) is 11.4. The predicted octanol–water partition coefficient (Wildman–Crippen LogP) is 2.42. The standard InChI is InChI=1S/C9H7BrF2O3/c10-6-2-1-3-7(13)5(6)4-9(11,12)8(14)15/h1-3,13H,4H2,(H,14,15). The lowest BCUT2D eigenvalue weighted by molar-refractivity contribution is -0.164. The minimum absolute atomic E-state index is 0.120. The predicted molar refractivity (Wildman–Crippen MR) is 52.1 cm³/mol. The summed E-state index contributed by atoms with van der Waals surface area (Å²) in [6.07, 6.45) is -1.05. The quantitative estimate of drug-likeness (QED) is 0.894. The van der Waals surface area contributed by atoms with Gasteiger partial charge in [0.05, 0.1) is 6.42 Å². The van der Waals surface area contributed by atoms with E-state index >= 15 is 0 Å². The van der Waals surface area contributed by atoms with Gasteiger partial charge in [-0.3, -0.25) is 0 Å². The zero-order valence-electron chi connectivity index (χ0n) is 7.38. The van der Waals surface area contributed by atoms with E-state index in [1.807, 2.05) is 0 Å². The molecule has 0 radical (unpaired) electrons. The zero-order chi connectivity index (χ0) is 11.6. The van der Waals surface area contributed by atoms with Crippen molar-refractivity contribution in [3.05, 3.63) is 28.2 Å². The SMILES string of the molecule is O=C(O)C(F)(F)Cc1c(O)cccc1Br. The van der Waals surface area contributed by atoms with Gasteiger partial charge in [-0.1, -0.05) is 22.0 Å². The third-order valence-corrected chi connectivity index (χ3v) is 2.55. The highest BCUT2D eigenvalue weighted by Gasteiger charge is 2.40. The summed E-state index contributed by atoms with van der Waals surface area (Å²) in [5.74, 6) is -6.45.